The Kier molecular flexibility index (Phi) is 7.92. The zero-order valence-electron chi connectivity index (χ0n) is 23.4. The number of ether oxygens (including phenoxy) is 2. The van der Waals surface area contributed by atoms with Crippen molar-refractivity contribution in [2.75, 3.05) is 55.3 Å². The Labute approximate surface area is 253 Å². The molecule has 1 saturated heterocycles. The summed E-state index contributed by atoms with van der Waals surface area (Å²) in [5.74, 6) is 1.61. The molecule has 222 valence electrons. The third-order valence-electron chi connectivity index (χ3n) is 7.14. The summed E-state index contributed by atoms with van der Waals surface area (Å²) < 4.78 is 38.7. The number of H-pyrrole nitrogens is 1. The van der Waals surface area contributed by atoms with Gasteiger partial charge in [-0.15, -0.1) is 0 Å². The van der Waals surface area contributed by atoms with Crippen molar-refractivity contribution in [1.29, 1.82) is 0 Å². The maximum atomic E-state index is 12.7. The summed E-state index contributed by atoms with van der Waals surface area (Å²) in [7, 11) is -0.516. The van der Waals surface area contributed by atoms with Gasteiger partial charge in [0, 0.05) is 67.8 Å². The average Bonchev–Trinajstić information content (AvgIpc) is 3.39. The van der Waals surface area contributed by atoms with Gasteiger partial charge in [-0.2, -0.15) is 0 Å². The molecule has 0 bridgehead atoms. The van der Waals surface area contributed by atoms with Gasteiger partial charge >= 0.3 is 0 Å². The zero-order chi connectivity index (χ0) is 30.0. The first-order chi connectivity index (χ1) is 20.9. The molecule has 4 heterocycles. The third kappa shape index (κ3) is 5.86. The van der Waals surface area contributed by atoms with E-state index in [0.29, 0.717) is 43.6 Å². The number of rotatable bonds is 8. The summed E-state index contributed by atoms with van der Waals surface area (Å²) in [5, 5.41) is 5.70. The predicted octanol–water partition coefficient (Wildman–Crippen LogP) is 3.38. The van der Waals surface area contributed by atoms with E-state index >= 15 is 0 Å². The number of methoxy groups -OCH3 is 2. The summed E-state index contributed by atoms with van der Waals surface area (Å²) in [6.45, 7) is 3.18. The van der Waals surface area contributed by atoms with E-state index in [9.17, 15) is 8.42 Å². The second-order valence-corrected chi connectivity index (χ2v) is 11.9. The summed E-state index contributed by atoms with van der Waals surface area (Å²) >= 11 is 5.69. The van der Waals surface area contributed by atoms with E-state index in [0.717, 1.165) is 39.1 Å². The van der Waals surface area contributed by atoms with Crippen LogP contribution in [0.4, 0.5) is 17.5 Å². The number of sulfonamides is 1. The predicted molar refractivity (Wildman–Crippen MR) is 168 cm³/mol. The molecule has 43 heavy (non-hydrogen) atoms. The smallest absolute Gasteiger partial charge is 0.264 e. The Balaban J connectivity index is 1.13. The molecule has 3 N–H and O–H groups in total. The number of thiocarbonyl (C=S) groups is 1. The third-order valence-corrected chi connectivity index (χ3v) is 8.85. The van der Waals surface area contributed by atoms with E-state index in [1.807, 2.05) is 12.1 Å². The molecule has 0 aliphatic carbocycles. The minimum absolute atomic E-state index is 0.00774. The number of piperazine rings is 1. The summed E-state index contributed by atoms with van der Waals surface area (Å²) in [5.41, 5.74) is 3.33. The maximum Gasteiger partial charge on any atom is 0.264 e. The number of hydrogen-bond donors (Lipinski definition) is 3. The highest BCUT2D eigenvalue weighted by molar-refractivity contribution is 7.92. The van der Waals surface area contributed by atoms with Crippen molar-refractivity contribution in [2.45, 2.75) is 11.5 Å². The number of aromatic amines is 1. The topological polar surface area (TPSA) is 150 Å². The lowest BCUT2D eigenvalue weighted by molar-refractivity contribution is 0.182. The van der Waals surface area contributed by atoms with E-state index in [-0.39, 0.29) is 10.8 Å². The van der Waals surface area contributed by atoms with Crippen LogP contribution in [0.2, 0.25) is 0 Å². The van der Waals surface area contributed by atoms with Crippen LogP contribution < -0.4 is 19.7 Å². The second kappa shape index (κ2) is 11.9. The molecule has 0 saturated carbocycles. The van der Waals surface area contributed by atoms with E-state index in [2.05, 4.69) is 44.8 Å². The van der Waals surface area contributed by atoms with Crippen molar-refractivity contribution in [3.05, 3.63) is 66.7 Å². The van der Waals surface area contributed by atoms with Crippen LogP contribution in [0.15, 0.2) is 66.1 Å². The molecule has 2 aromatic carbocycles. The van der Waals surface area contributed by atoms with Gasteiger partial charge in [0.2, 0.25) is 5.95 Å². The van der Waals surface area contributed by atoms with Crippen molar-refractivity contribution in [3.8, 4) is 5.75 Å². The molecule has 1 fully saturated rings. The molecule has 15 heteroatoms. The van der Waals surface area contributed by atoms with Crippen molar-refractivity contribution >= 4 is 66.7 Å². The number of aromatic nitrogens is 5. The minimum atomic E-state index is -3.82. The fourth-order valence-corrected chi connectivity index (χ4v) is 6.31. The zero-order valence-corrected chi connectivity index (χ0v) is 25.1. The van der Waals surface area contributed by atoms with Crippen LogP contribution in [0.5, 0.6) is 5.75 Å². The Morgan fingerprint density at radius 3 is 2.47 bits per heavy atom. The highest BCUT2D eigenvalue weighted by atomic mass is 32.2. The molecule has 3 aromatic heterocycles. The molecule has 0 atom stereocenters. The monoisotopic (exact) mass is 619 g/mol. The van der Waals surface area contributed by atoms with Gasteiger partial charge in [-0.25, -0.2) is 33.1 Å². The molecule has 0 radical (unpaired) electrons. The van der Waals surface area contributed by atoms with Crippen LogP contribution in [0.3, 0.4) is 0 Å². The van der Waals surface area contributed by atoms with E-state index < -0.39 is 10.0 Å². The SMILES string of the molecule is COCc1cc2[nH]c3ncnc(N4CCN(C(=S)Nc5ccc(S(=O)(=O)Nc6ncccn6)cc5)CC4)c3c2cc1OC. The van der Waals surface area contributed by atoms with Gasteiger partial charge in [-0.05, 0) is 54.7 Å². The fraction of sp³-hybridized carbons (Fsp3) is 0.250. The molecule has 6 rings (SSSR count). The van der Waals surface area contributed by atoms with Crippen LogP contribution >= 0.6 is 12.2 Å². The van der Waals surface area contributed by atoms with Gasteiger partial charge in [0.1, 0.15) is 23.5 Å². The van der Waals surface area contributed by atoms with Gasteiger partial charge in [0.15, 0.2) is 5.11 Å². The molecule has 5 aromatic rings. The first kappa shape index (κ1) is 28.5. The Hall–Kier alpha value is -4.60. The molecule has 1 aliphatic heterocycles. The Morgan fingerprint density at radius 1 is 1.02 bits per heavy atom. The van der Waals surface area contributed by atoms with Gasteiger partial charge in [0.05, 0.1) is 24.0 Å². The maximum absolute atomic E-state index is 12.7. The van der Waals surface area contributed by atoms with Crippen molar-refractivity contribution in [1.82, 2.24) is 29.8 Å². The number of fused-ring (bicyclic) bond motifs is 3. The van der Waals surface area contributed by atoms with Crippen LogP contribution in [0.1, 0.15) is 5.56 Å². The molecule has 0 unspecified atom stereocenters. The number of nitrogens with one attached hydrogen (secondary N) is 3. The van der Waals surface area contributed by atoms with Gasteiger partial charge in [-0.3, -0.25) is 0 Å². The number of nitrogens with zero attached hydrogens (tertiary/aromatic N) is 6. The Morgan fingerprint density at radius 2 is 1.77 bits per heavy atom. The average molecular weight is 620 g/mol. The molecule has 1 aliphatic rings. The molecule has 13 nitrogen and oxygen atoms in total. The summed E-state index contributed by atoms with van der Waals surface area (Å²) in [6, 6.07) is 12.0. The van der Waals surface area contributed by atoms with Crippen LogP contribution in [-0.2, 0) is 21.4 Å². The van der Waals surface area contributed by atoms with Crippen LogP contribution in [0, 0.1) is 0 Å². The van der Waals surface area contributed by atoms with Crippen LogP contribution in [-0.4, -0.2) is 83.7 Å². The molecule has 0 spiro atoms. The molecule has 0 amide bonds. The quantitative estimate of drug-likeness (QED) is 0.219. The van der Waals surface area contributed by atoms with Crippen molar-refractivity contribution in [2.24, 2.45) is 0 Å². The first-order valence-corrected chi connectivity index (χ1v) is 15.3. The van der Waals surface area contributed by atoms with Gasteiger partial charge in [0.25, 0.3) is 10.0 Å². The summed E-state index contributed by atoms with van der Waals surface area (Å²) in [6.07, 6.45) is 4.50. The van der Waals surface area contributed by atoms with Gasteiger partial charge in [-0.1, -0.05) is 0 Å². The highest BCUT2D eigenvalue weighted by Gasteiger charge is 2.24. The Bertz CT molecular complexity index is 1880. The number of anilines is 3. The molecular weight excluding hydrogens is 591 g/mol. The lowest BCUT2D eigenvalue weighted by Crippen LogP contribution is -2.50. The van der Waals surface area contributed by atoms with E-state index in [4.69, 9.17) is 21.7 Å². The van der Waals surface area contributed by atoms with Crippen LogP contribution in [0.25, 0.3) is 21.9 Å². The largest absolute Gasteiger partial charge is 0.496 e. The van der Waals surface area contributed by atoms with E-state index in [1.54, 1.807) is 38.7 Å². The lowest BCUT2D eigenvalue weighted by Gasteiger charge is -2.37. The first-order valence-electron chi connectivity index (χ1n) is 13.4. The minimum Gasteiger partial charge on any atom is -0.496 e. The highest BCUT2D eigenvalue weighted by Crippen LogP contribution is 2.35. The van der Waals surface area contributed by atoms with Crippen molar-refractivity contribution < 1.29 is 17.9 Å². The fourth-order valence-electron chi connectivity index (χ4n) is 5.05. The summed E-state index contributed by atoms with van der Waals surface area (Å²) in [4.78, 5) is 24.8. The second-order valence-electron chi connectivity index (χ2n) is 9.80. The number of benzene rings is 2. The van der Waals surface area contributed by atoms with Crippen molar-refractivity contribution in [3.63, 3.8) is 0 Å². The molecular formula is C28H29N9O4S2. The van der Waals surface area contributed by atoms with Gasteiger partial charge < -0.3 is 29.6 Å². The van der Waals surface area contributed by atoms with E-state index in [1.165, 1.54) is 24.5 Å². The lowest BCUT2D eigenvalue weighted by atomic mass is 10.1. The standard InChI is InChI=1S/C28H29N9O4S2/c1-40-16-18-14-22-21(15-23(18)41-2)24-25(34-22)31-17-32-26(24)36-10-12-37(13-11-36)28(42)33-19-4-6-20(7-5-19)43(38,39)35-27-29-8-3-9-30-27/h3-9,14-15,17H,10-13,16H2,1-2H3,(H,33,42)(H,29,30,35)(H,31,32,34). The number of hydrogen-bond acceptors (Lipinski definition) is 10. The normalized spacial score (nSPS) is 13.8.